The van der Waals surface area contributed by atoms with Gasteiger partial charge in [-0.05, 0) is 6.42 Å². The van der Waals surface area contributed by atoms with E-state index in [1.54, 1.807) is 0 Å². The van der Waals surface area contributed by atoms with Gasteiger partial charge in [-0.3, -0.25) is 4.79 Å². The van der Waals surface area contributed by atoms with Crippen LogP contribution < -0.4 is 10.6 Å². The standard InChI is InChI=1S/C10H13N3O3S/c1-16-9(15)7-5-12-10(17-7)13-6-2-3-8(14)11-4-6/h5-6H,2-4H2,1H3,(H,11,14)(H,12,13). The zero-order valence-electron chi connectivity index (χ0n) is 9.36. The molecule has 1 aliphatic heterocycles. The molecule has 0 aliphatic carbocycles. The molecule has 1 aliphatic rings. The van der Waals surface area contributed by atoms with Gasteiger partial charge < -0.3 is 15.4 Å². The van der Waals surface area contributed by atoms with Gasteiger partial charge in [-0.2, -0.15) is 0 Å². The minimum Gasteiger partial charge on any atom is -0.465 e. The molecule has 1 aromatic rings. The SMILES string of the molecule is COC(=O)c1cnc(NC2CCC(=O)NC2)s1. The second-order valence-corrected chi connectivity index (χ2v) is 4.74. The molecule has 7 heteroatoms. The predicted molar refractivity (Wildman–Crippen MR) is 63.1 cm³/mol. The average Bonchev–Trinajstić information content (AvgIpc) is 2.80. The predicted octanol–water partition coefficient (Wildman–Crippen LogP) is 0.620. The second kappa shape index (κ2) is 5.13. The van der Waals surface area contributed by atoms with Crippen LogP contribution in [-0.2, 0) is 9.53 Å². The van der Waals surface area contributed by atoms with Crippen LogP contribution in [-0.4, -0.2) is 36.6 Å². The molecule has 92 valence electrons. The Labute approximate surface area is 102 Å². The molecule has 2 rings (SSSR count). The van der Waals surface area contributed by atoms with Crippen molar-refractivity contribution in [3.8, 4) is 0 Å². The van der Waals surface area contributed by atoms with Crippen molar-refractivity contribution in [1.82, 2.24) is 10.3 Å². The number of carbonyl (C=O) groups excluding carboxylic acids is 2. The van der Waals surface area contributed by atoms with Gasteiger partial charge in [0.15, 0.2) is 5.13 Å². The van der Waals surface area contributed by atoms with Crippen molar-refractivity contribution in [3.63, 3.8) is 0 Å². The lowest BCUT2D eigenvalue weighted by atomic mass is 10.1. The molecule has 1 amide bonds. The van der Waals surface area contributed by atoms with E-state index in [0.717, 1.165) is 6.42 Å². The highest BCUT2D eigenvalue weighted by Crippen LogP contribution is 2.20. The number of aromatic nitrogens is 1. The Morgan fingerprint density at radius 2 is 2.53 bits per heavy atom. The molecule has 0 radical (unpaired) electrons. The van der Waals surface area contributed by atoms with E-state index in [4.69, 9.17) is 0 Å². The summed E-state index contributed by atoms with van der Waals surface area (Å²) in [5, 5.41) is 6.64. The number of methoxy groups -OCH3 is 1. The van der Waals surface area contributed by atoms with Gasteiger partial charge in [0, 0.05) is 19.0 Å². The number of piperidine rings is 1. The molecule has 0 aromatic carbocycles. The Bertz CT molecular complexity index is 422. The van der Waals surface area contributed by atoms with E-state index in [0.29, 0.717) is 23.0 Å². The van der Waals surface area contributed by atoms with Gasteiger partial charge in [0.2, 0.25) is 5.91 Å². The third kappa shape index (κ3) is 2.94. The zero-order valence-corrected chi connectivity index (χ0v) is 10.2. The fourth-order valence-corrected chi connectivity index (χ4v) is 2.38. The van der Waals surface area contributed by atoms with Crippen molar-refractivity contribution in [2.24, 2.45) is 0 Å². The summed E-state index contributed by atoms with van der Waals surface area (Å²) in [7, 11) is 1.34. The maximum absolute atomic E-state index is 11.2. The Hall–Kier alpha value is -1.63. The molecule has 0 spiro atoms. The Morgan fingerprint density at radius 3 is 3.18 bits per heavy atom. The van der Waals surface area contributed by atoms with Crippen LogP contribution in [0.5, 0.6) is 0 Å². The van der Waals surface area contributed by atoms with E-state index in [2.05, 4.69) is 20.4 Å². The van der Waals surface area contributed by atoms with Gasteiger partial charge in [0.1, 0.15) is 4.88 Å². The first-order valence-electron chi connectivity index (χ1n) is 5.26. The van der Waals surface area contributed by atoms with Gasteiger partial charge in [-0.25, -0.2) is 9.78 Å². The highest BCUT2D eigenvalue weighted by molar-refractivity contribution is 7.17. The summed E-state index contributed by atoms with van der Waals surface area (Å²) in [6, 6.07) is 0.171. The molecular formula is C10H13N3O3S. The minimum atomic E-state index is -0.382. The number of carbonyl (C=O) groups is 2. The largest absolute Gasteiger partial charge is 0.465 e. The summed E-state index contributed by atoms with van der Waals surface area (Å²) in [6.45, 7) is 0.589. The molecule has 0 saturated carbocycles. The number of nitrogens with one attached hydrogen (secondary N) is 2. The summed E-state index contributed by atoms with van der Waals surface area (Å²) < 4.78 is 4.60. The van der Waals surface area contributed by atoms with Crippen molar-refractivity contribution < 1.29 is 14.3 Å². The Kier molecular flexibility index (Phi) is 3.58. The normalized spacial score (nSPS) is 19.6. The van der Waals surface area contributed by atoms with Gasteiger partial charge in [-0.15, -0.1) is 0 Å². The van der Waals surface area contributed by atoms with E-state index in [-0.39, 0.29) is 17.9 Å². The number of esters is 1. The average molecular weight is 255 g/mol. The van der Waals surface area contributed by atoms with Crippen LogP contribution in [0.25, 0.3) is 0 Å². The molecule has 1 fully saturated rings. The fraction of sp³-hybridized carbons (Fsp3) is 0.500. The highest BCUT2D eigenvalue weighted by atomic mass is 32.1. The summed E-state index contributed by atoms with van der Waals surface area (Å²) in [6.07, 6.45) is 2.78. The summed E-state index contributed by atoms with van der Waals surface area (Å²) in [5.41, 5.74) is 0. The van der Waals surface area contributed by atoms with E-state index in [1.807, 2.05) is 0 Å². The maximum Gasteiger partial charge on any atom is 0.349 e. The number of hydrogen-bond acceptors (Lipinski definition) is 6. The Balaban J connectivity index is 1.93. The lowest BCUT2D eigenvalue weighted by Gasteiger charge is -2.22. The van der Waals surface area contributed by atoms with Crippen molar-refractivity contribution in [2.45, 2.75) is 18.9 Å². The quantitative estimate of drug-likeness (QED) is 0.774. The van der Waals surface area contributed by atoms with Crippen LogP contribution in [0.2, 0.25) is 0 Å². The lowest BCUT2D eigenvalue weighted by Crippen LogP contribution is -2.41. The fourth-order valence-electron chi connectivity index (χ4n) is 1.57. The van der Waals surface area contributed by atoms with Gasteiger partial charge in [0.25, 0.3) is 0 Å². The molecule has 1 unspecified atom stereocenters. The number of thiazole rings is 1. The van der Waals surface area contributed by atoms with E-state index < -0.39 is 0 Å². The molecule has 0 bridgehead atoms. The number of amides is 1. The summed E-state index contributed by atoms with van der Waals surface area (Å²) in [4.78, 5) is 26.8. The maximum atomic E-state index is 11.2. The lowest BCUT2D eigenvalue weighted by molar-refractivity contribution is -0.122. The Morgan fingerprint density at radius 1 is 1.71 bits per heavy atom. The zero-order chi connectivity index (χ0) is 12.3. The number of anilines is 1. The summed E-state index contributed by atoms with van der Waals surface area (Å²) in [5.74, 6) is -0.301. The van der Waals surface area contributed by atoms with E-state index in [1.165, 1.54) is 24.6 Å². The van der Waals surface area contributed by atoms with Crippen LogP contribution in [0.1, 0.15) is 22.5 Å². The van der Waals surface area contributed by atoms with Crippen molar-refractivity contribution >= 4 is 28.3 Å². The molecule has 1 saturated heterocycles. The monoisotopic (exact) mass is 255 g/mol. The molecular weight excluding hydrogens is 242 g/mol. The van der Waals surface area contributed by atoms with Gasteiger partial charge >= 0.3 is 5.97 Å². The molecule has 6 nitrogen and oxygen atoms in total. The molecule has 1 atom stereocenters. The van der Waals surface area contributed by atoms with Crippen LogP contribution in [0.4, 0.5) is 5.13 Å². The highest BCUT2D eigenvalue weighted by Gasteiger charge is 2.19. The first-order chi connectivity index (χ1) is 8.19. The van der Waals surface area contributed by atoms with Crippen LogP contribution >= 0.6 is 11.3 Å². The number of hydrogen-bond donors (Lipinski definition) is 2. The number of rotatable bonds is 3. The van der Waals surface area contributed by atoms with E-state index >= 15 is 0 Å². The van der Waals surface area contributed by atoms with E-state index in [9.17, 15) is 9.59 Å². The third-order valence-corrected chi connectivity index (χ3v) is 3.39. The van der Waals surface area contributed by atoms with Gasteiger partial charge in [-0.1, -0.05) is 11.3 Å². The first kappa shape index (κ1) is 11.8. The van der Waals surface area contributed by atoms with Crippen LogP contribution in [0, 0.1) is 0 Å². The van der Waals surface area contributed by atoms with Crippen LogP contribution in [0.15, 0.2) is 6.20 Å². The molecule has 2 N–H and O–H groups in total. The first-order valence-corrected chi connectivity index (χ1v) is 6.08. The van der Waals surface area contributed by atoms with Crippen molar-refractivity contribution in [2.75, 3.05) is 19.0 Å². The second-order valence-electron chi connectivity index (χ2n) is 3.71. The third-order valence-electron chi connectivity index (χ3n) is 2.49. The topological polar surface area (TPSA) is 80.3 Å². The van der Waals surface area contributed by atoms with Crippen molar-refractivity contribution in [3.05, 3.63) is 11.1 Å². The minimum absolute atomic E-state index is 0.0810. The van der Waals surface area contributed by atoms with Gasteiger partial charge in [0.05, 0.1) is 13.3 Å². The number of nitrogens with zero attached hydrogens (tertiary/aromatic N) is 1. The van der Waals surface area contributed by atoms with Crippen LogP contribution in [0.3, 0.4) is 0 Å². The number of ether oxygens (including phenoxy) is 1. The molecule has 17 heavy (non-hydrogen) atoms. The molecule has 2 heterocycles. The summed E-state index contributed by atoms with van der Waals surface area (Å²) >= 11 is 1.25. The van der Waals surface area contributed by atoms with Crippen molar-refractivity contribution in [1.29, 1.82) is 0 Å². The molecule has 1 aromatic heterocycles. The smallest absolute Gasteiger partial charge is 0.349 e.